The molecule has 8 heteroatoms. The van der Waals surface area contributed by atoms with E-state index in [1.165, 1.54) is 57.8 Å². The number of hydrogen-bond donors (Lipinski definition) is 5. The van der Waals surface area contributed by atoms with Crippen LogP contribution in [0.1, 0.15) is 143 Å². The number of unbranched alkanes of at least 4 members (excludes halogenated alkanes) is 11. The highest BCUT2D eigenvalue weighted by Gasteiger charge is 2.33. The fourth-order valence-electron chi connectivity index (χ4n) is 5.23. The van der Waals surface area contributed by atoms with Gasteiger partial charge in [0, 0.05) is 36.9 Å². The van der Waals surface area contributed by atoms with Crippen LogP contribution in [-0.2, 0) is 14.4 Å². The molecule has 3 atom stereocenters. The molecule has 0 heterocycles. The van der Waals surface area contributed by atoms with E-state index in [4.69, 9.17) is 0 Å². The molecule has 0 saturated heterocycles. The number of carbonyl (C=O) groups excluding carboxylic acids is 3. The average molecular weight is 580 g/mol. The summed E-state index contributed by atoms with van der Waals surface area (Å²) in [6.45, 7) is 5.22. The van der Waals surface area contributed by atoms with E-state index in [9.17, 15) is 24.6 Å². The third-order valence-electron chi connectivity index (χ3n) is 8.17. The Morgan fingerprint density at radius 3 is 1.80 bits per heavy atom. The summed E-state index contributed by atoms with van der Waals surface area (Å²) in [6, 6.07) is -0.172. The lowest BCUT2D eigenvalue weighted by atomic mass is 9.87. The molecule has 0 aromatic carbocycles. The predicted octanol–water partition coefficient (Wildman–Crippen LogP) is 5.45. The monoisotopic (exact) mass is 579 g/mol. The number of aliphatic hydroxyl groups is 2. The third-order valence-corrected chi connectivity index (χ3v) is 8.17. The molecule has 238 valence electrons. The van der Waals surface area contributed by atoms with Gasteiger partial charge in [0.2, 0.25) is 17.7 Å². The smallest absolute Gasteiger partial charge is 0.249 e. The predicted molar refractivity (Wildman–Crippen MR) is 166 cm³/mol. The van der Waals surface area contributed by atoms with Crippen molar-refractivity contribution in [2.45, 2.75) is 161 Å². The summed E-state index contributed by atoms with van der Waals surface area (Å²) in [7, 11) is 0. The topological polar surface area (TPSA) is 128 Å². The van der Waals surface area contributed by atoms with E-state index >= 15 is 0 Å². The summed E-state index contributed by atoms with van der Waals surface area (Å²) in [5, 5.41) is 28.1. The average Bonchev–Trinajstić information content (AvgIpc) is 2.95. The minimum atomic E-state index is -1.35. The molecule has 0 radical (unpaired) electrons. The van der Waals surface area contributed by atoms with Gasteiger partial charge in [-0.05, 0) is 44.9 Å². The first-order chi connectivity index (χ1) is 19.7. The van der Waals surface area contributed by atoms with Gasteiger partial charge in [-0.15, -0.1) is 0 Å². The first-order valence-corrected chi connectivity index (χ1v) is 16.5. The minimum Gasteiger partial charge on any atom is -0.396 e. The van der Waals surface area contributed by atoms with Crippen molar-refractivity contribution < 1.29 is 24.6 Å². The van der Waals surface area contributed by atoms with Gasteiger partial charge >= 0.3 is 0 Å². The lowest BCUT2D eigenvalue weighted by Gasteiger charge is -2.33. The maximum absolute atomic E-state index is 12.6. The molecule has 1 aliphatic rings. The van der Waals surface area contributed by atoms with Crippen LogP contribution in [0.4, 0.5) is 0 Å². The van der Waals surface area contributed by atoms with Crippen LogP contribution in [0.2, 0.25) is 0 Å². The van der Waals surface area contributed by atoms with Crippen LogP contribution in [0.3, 0.4) is 0 Å². The Kier molecular flexibility index (Phi) is 20.5. The van der Waals surface area contributed by atoms with E-state index < -0.39 is 17.4 Å². The zero-order chi connectivity index (χ0) is 30.3. The summed E-state index contributed by atoms with van der Waals surface area (Å²) in [5.74, 6) is -0.735. The molecule has 41 heavy (non-hydrogen) atoms. The molecule has 5 N–H and O–H groups in total. The van der Waals surface area contributed by atoms with Crippen LogP contribution in [0.15, 0.2) is 12.2 Å². The number of hydrogen-bond acceptors (Lipinski definition) is 5. The Labute approximate surface area is 249 Å². The van der Waals surface area contributed by atoms with E-state index in [0.29, 0.717) is 6.42 Å². The molecular weight excluding hydrogens is 518 g/mol. The lowest BCUT2D eigenvalue weighted by molar-refractivity contribution is -0.137. The molecule has 3 amide bonds. The maximum atomic E-state index is 12.6. The molecular formula is C33H61N3O5. The molecule has 1 saturated carbocycles. The van der Waals surface area contributed by atoms with Crippen LogP contribution >= 0.6 is 0 Å². The number of nitrogens with one attached hydrogen (secondary N) is 3. The van der Waals surface area contributed by atoms with E-state index in [-0.39, 0.29) is 43.5 Å². The Morgan fingerprint density at radius 2 is 1.27 bits per heavy atom. The molecule has 1 fully saturated rings. The van der Waals surface area contributed by atoms with E-state index in [1.807, 2.05) is 0 Å². The molecule has 8 nitrogen and oxygen atoms in total. The van der Waals surface area contributed by atoms with Gasteiger partial charge in [-0.2, -0.15) is 0 Å². The van der Waals surface area contributed by atoms with Crippen molar-refractivity contribution in [2.75, 3.05) is 13.2 Å². The van der Waals surface area contributed by atoms with Crippen molar-refractivity contribution in [3.8, 4) is 0 Å². The van der Waals surface area contributed by atoms with Crippen LogP contribution in [0, 0.1) is 5.41 Å². The van der Waals surface area contributed by atoms with Gasteiger partial charge in [0.15, 0.2) is 0 Å². The molecule has 0 spiro atoms. The van der Waals surface area contributed by atoms with Gasteiger partial charge < -0.3 is 26.2 Å². The normalized spacial score (nSPS) is 18.3. The molecule has 1 aliphatic carbocycles. The van der Waals surface area contributed by atoms with Crippen LogP contribution < -0.4 is 16.0 Å². The molecule has 0 unspecified atom stereocenters. The fraction of sp³-hybridized carbons (Fsp3) is 0.848. The van der Waals surface area contributed by atoms with Crippen LogP contribution in [0.25, 0.3) is 0 Å². The van der Waals surface area contributed by atoms with Crippen molar-refractivity contribution in [2.24, 2.45) is 5.41 Å². The van der Waals surface area contributed by atoms with Crippen molar-refractivity contribution in [3.05, 3.63) is 12.2 Å². The second-order valence-electron chi connectivity index (χ2n) is 12.6. The van der Waals surface area contributed by atoms with Crippen LogP contribution in [0.5, 0.6) is 0 Å². The van der Waals surface area contributed by atoms with Crippen molar-refractivity contribution in [1.82, 2.24) is 16.0 Å². The third kappa shape index (κ3) is 17.6. The number of allylic oxidation sites excluding steroid dienone is 2. The standard InChI is InChI=1S/C33H61N3O5/c1-4-5-6-7-8-9-10-11-12-13-14-15-16-17-18-23-29(38)35-27-21-19-20-22-28(27)36-30(39)24-25-34-32(41)31(40)33(2,3)26-37/h11-12,27-28,31,37,40H,4-10,13-26H2,1-3H3,(H,34,41)(H,35,38)(H,36,39)/b12-11-/t27-,28-,31-/m0/s1. The van der Waals surface area contributed by atoms with Crippen molar-refractivity contribution >= 4 is 17.7 Å². The first-order valence-electron chi connectivity index (χ1n) is 16.5. The van der Waals surface area contributed by atoms with Crippen molar-refractivity contribution in [1.29, 1.82) is 0 Å². The zero-order valence-corrected chi connectivity index (χ0v) is 26.4. The second-order valence-corrected chi connectivity index (χ2v) is 12.6. The summed E-state index contributed by atoms with van der Waals surface area (Å²) in [4.78, 5) is 37.2. The van der Waals surface area contributed by atoms with E-state index in [2.05, 4.69) is 35.0 Å². The number of aliphatic hydroxyl groups excluding tert-OH is 2. The second kappa shape index (κ2) is 22.6. The lowest BCUT2D eigenvalue weighted by Crippen LogP contribution is -2.53. The number of amides is 3. The molecule has 1 rings (SSSR count). The maximum Gasteiger partial charge on any atom is 0.249 e. The first kappa shape index (κ1) is 37.1. The highest BCUT2D eigenvalue weighted by Crippen LogP contribution is 2.20. The SMILES string of the molecule is CCCCCCCC/C=C\CCCCCCCC(=O)N[C@H]1CCCC[C@@H]1NC(=O)CCNC(=O)[C@H](O)C(C)(C)CO. The summed E-state index contributed by atoms with van der Waals surface area (Å²) in [5.41, 5.74) is -0.954. The summed E-state index contributed by atoms with van der Waals surface area (Å²) < 4.78 is 0. The highest BCUT2D eigenvalue weighted by atomic mass is 16.3. The van der Waals surface area contributed by atoms with Gasteiger partial charge in [-0.3, -0.25) is 14.4 Å². The molecule has 0 bridgehead atoms. The highest BCUT2D eigenvalue weighted by molar-refractivity contribution is 5.82. The Hall–Kier alpha value is -1.93. The zero-order valence-electron chi connectivity index (χ0n) is 26.4. The van der Waals surface area contributed by atoms with Gasteiger partial charge in [0.1, 0.15) is 6.10 Å². The van der Waals surface area contributed by atoms with Crippen LogP contribution in [-0.4, -0.2) is 59.3 Å². The van der Waals surface area contributed by atoms with Gasteiger partial charge in [0.25, 0.3) is 0 Å². The minimum absolute atomic E-state index is 0.0570. The summed E-state index contributed by atoms with van der Waals surface area (Å²) in [6.07, 6.45) is 23.6. The molecule has 0 aromatic rings. The number of rotatable bonds is 23. The number of carbonyl (C=O) groups is 3. The van der Waals surface area contributed by atoms with Crippen molar-refractivity contribution in [3.63, 3.8) is 0 Å². The Bertz CT molecular complexity index is 755. The van der Waals surface area contributed by atoms with Gasteiger partial charge in [0.05, 0.1) is 6.61 Å². The summed E-state index contributed by atoms with van der Waals surface area (Å²) >= 11 is 0. The Morgan fingerprint density at radius 1 is 0.780 bits per heavy atom. The molecule has 0 aromatic heterocycles. The van der Waals surface area contributed by atoms with Gasteiger partial charge in [-0.1, -0.05) is 97.1 Å². The van der Waals surface area contributed by atoms with Gasteiger partial charge in [-0.25, -0.2) is 0 Å². The molecule has 0 aliphatic heterocycles. The quantitative estimate of drug-likeness (QED) is 0.0812. The largest absolute Gasteiger partial charge is 0.396 e. The fourth-order valence-corrected chi connectivity index (χ4v) is 5.23. The van der Waals surface area contributed by atoms with E-state index in [0.717, 1.165) is 51.4 Å². The Balaban J connectivity index is 2.15. The van der Waals surface area contributed by atoms with E-state index in [1.54, 1.807) is 13.8 Å².